The van der Waals surface area contributed by atoms with Crippen LogP contribution in [0.4, 0.5) is 0 Å². The van der Waals surface area contributed by atoms with Crippen molar-refractivity contribution in [2.24, 2.45) is 0 Å². The monoisotopic (exact) mass is 504 g/mol. The van der Waals surface area contributed by atoms with Gasteiger partial charge in [-0.15, -0.1) is 0 Å². The average molecular weight is 505 g/mol. The van der Waals surface area contributed by atoms with Crippen molar-refractivity contribution in [2.45, 2.75) is 155 Å². The Labute approximate surface area is 219 Å². The molecule has 1 aromatic carbocycles. The Morgan fingerprint density at radius 1 is 0.829 bits per heavy atom. The highest BCUT2D eigenvalue weighted by Gasteiger charge is 2.22. The van der Waals surface area contributed by atoms with Crippen molar-refractivity contribution in [1.29, 1.82) is 0 Å². The predicted molar refractivity (Wildman–Crippen MR) is 153 cm³/mol. The van der Waals surface area contributed by atoms with Crippen LogP contribution < -0.4 is 4.74 Å². The van der Waals surface area contributed by atoms with Gasteiger partial charge in [0, 0.05) is 12.2 Å². The molecular weight excluding hydrogens is 448 g/mol. The number of benzene rings is 1. The number of hydrogen-bond acceptors (Lipinski definition) is 3. The average Bonchev–Trinajstić information content (AvgIpc) is 2.83. The second-order valence-electron chi connectivity index (χ2n) is 11.3. The third-order valence-corrected chi connectivity index (χ3v) is 9.86. The fourth-order valence-corrected chi connectivity index (χ4v) is 7.59. The molecule has 1 aliphatic carbocycles. The molecule has 0 aromatic heterocycles. The van der Waals surface area contributed by atoms with Gasteiger partial charge in [-0.25, -0.2) is 0 Å². The number of ether oxygens (including phenoxy) is 1. The molecule has 1 saturated carbocycles. The fraction of sp³-hybridized carbons (Fsp3) is 0.806. The van der Waals surface area contributed by atoms with Crippen LogP contribution in [0.5, 0.6) is 5.75 Å². The van der Waals surface area contributed by atoms with Crippen molar-refractivity contribution in [3.63, 3.8) is 0 Å². The Bertz CT molecular complexity index is 659. The van der Waals surface area contributed by atoms with Crippen molar-refractivity contribution in [3.05, 3.63) is 29.3 Å². The van der Waals surface area contributed by atoms with Crippen LogP contribution in [-0.2, 0) is 8.85 Å². The van der Waals surface area contributed by atoms with E-state index in [0.717, 1.165) is 24.8 Å². The van der Waals surface area contributed by atoms with E-state index in [9.17, 15) is 0 Å². The molecule has 3 nitrogen and oxygen atoms in total. The lowest BCUT2D eigenvalue weighted by molar-refractivity contribution is 0.128. The van der Waals surface area contributed by atoms with Gasteiger partial charge in [-0.2, -0.15) is 0 Å². The molecule has 0 spiro atoms. The van der Waals surface area contributed by atoms with Crippen molar-refractivity contribution in [2.75, 3.05) is 6.61 Å². The largest absolute Gasteiger partial charge is 0.493 e. The molecule has 1 unspecified atom stereocenters. The summed E-state index contributed by atoms with van der Waals surface area (Å²) in [6.45, 7) is 13.8. The molecule has 0 radical (unpaired) electrons. The zero-order chi connectivity index (χ0) is 25.5. The summed E-state index contributed by atoms with van der Waals surface area (Å²) in [6.07, 6.45) is 17.5. The summed E-state index contributed by atoms with van der Waals surface area (Å²) in [6, 6.07) is 8.23. The van der Waals surface area contributed by atoms with E-state index in [1.807, 2.05) is 0 Å². The minimum absolute atomic E-state index is 0.231. The van der Waals surface area contributed by atoms with E-state index in [2.05, 4.69) is 59.7 Å². The molecule has 0 saturated heterocycles. The van der Waals surface area contributed by atoms with Crippen LogP contribution in [0.3, 0.4) is 0 Å². The molecule has 35 heavy (non-hydrogen) atoms. The van der Waals surface area contributed by atoms with Crippen LogP contribution in [0, 0.1) is 0 Å². The molecule has 202 valence electrons. The Balaban J connectivity index is 2.07. The fourth-order valence-electron chi connectivity index (χ4n) is 5.54. The van der Waals surface area contributed by atoms with Crippen LogP contribution in [0.15, 0.2) is 18.2 Å². The first kappa shape index (κ1) is 30.4. The Morgan fingerprint density at radius 3 is 2.17 bits per heavy atom. The highest BCUT2D eigenvalue weighted by atomic mass is 28.3. The van der Waals surface area contributed by atoms with Gasteiger partial charge >= 0.3 is 9.28 Å². The van der Waals surface area contributed by atoms with Gasteiger partial charge in [0.2, 0.25) is 0 Å². The van der Waals surface area contributed by atoms with Gasteiger partial charge < -0.3 is 13.6 Å². The van der Waals surface area contributed by atoms with E-state index in [1.165, 1.54) is 82.6 Å². The van der Waals surface area contributed by atoms with Crippen molar-refractivity contribution < 1.29 is 13.6 Å². The molecule has 0 bridgehead atoms. The second-order valence-corrected chi connectivity index (χ2v) is 13.2. The lowest BCUT2D eigenvalue weighted by Gasteiger charge is -2.27. The zero-order valence-electron chi connectivity index (χ0n) is 24.0. The minimum atomic E-state index is -1.64. The molecule has 0 amide bonds. The quantitative estimate of drug-likeness (QED) is 0.147. The molecule has 4 heteroatoms. The third kappa shape index (κ3) is 11.8. The molecule has 1 fully saturated rings. The summed E-state index contributed by atoms with van der Waals surface area (Å²) in [5, 5.41) is 0. The predicted octanol–water partition coefficient (Wildman–Crippen LogP) is 9.43. The van der Waals surface area contributed by atoms with Gasteiger partial charge in [0.05, 0.1) is 6.61 Å². The van der Waals surface area contributed by atoms with E-state index < -0.39 is 9.28 Å². The Morgan fingerprint density at radius 2 is 1.54 bits per heavy atom. The van der Waals surface area contributed by atoms with Gasteiger partial charge in [-0.05, 0) is 94.9 Å². The molecule has 0 N–H and O–H groups in total. The highest BCUT2D eigenvalue weighted by molar-refractivity contribution is 6.44. The normalized spacial score (nSPS) is 15.9. The first-order valence-corrected chi connectivity index (χ1v) is 16.8. The first-order valence-electron chi connectivity index (χ1n) is 15.0. The van der Waals surface area contributed by atoms with Gasteiger partial charge in [0.1, 0.15) is 5.75 Å². The summed E-state index contributed by atoms with van der Waals surface area (Å²) in [5.74, 6) is 2.49. The number of unbranched alkanes of at least 4 members (excludes halogenated alkanes) is 3. The Hall–Kier alpha value is -0.843. The van der Waals surface area contributed by atoms with Crippen molar-refractivity contribution in [3.8, 4) is 5.75 Å². The summed E-state index contributed by atoms with van der Waals surface area (Å²) < 4.78 is 18.7. The maximum Gasteiger partial charge on any atom is 0.321 e. The van der Waals surface area contributed by atoms with Crippen LogP contribution >= 0.6 is 0 Å². The maximum atomic E-state index is 6.47. The number of rotatable bonds is 18. The van der Waals surface area contributed by atoms with E-state index in [0.29, 0.717) is 11.8 Å². The lowest BCUT2D eigenvalue weighted by atomic mass is 9.81. The lowest BCUT2D eigenvalue weighted by Crippen LogP contribution is -2.29. The van der Waals surface area contributed by atoms with Gasteiger partial charge in [0.25, 0.3) is 0 Å². The van der Waals surface area contributed by atoms with Crippen LogP contribution in [-0.4, -0.2) is 28.1 Å². The first-order chi connectivity index (χ1) is 16.9. The van der Waals surface area contributed by atoms with Crippen LogP contribution in [0.1, 0.15) is 148 Å². The molecular formula is C31H56O3Si. The van der Waals surface area contributed by atoms with Crippen LogP contribution in [0.25, 0.3) is 0 Å². The SMILES string of the molecule is CCCCCCC(CCC)c1ccc(OCCC[SiH](OC(C)C)OC(C)C)c(C2CCCCC2)c1. The number of hydrogen-bond donors (Lipinski definition) is 0. The van der Waals surface area contributed by atoms with Crippen molar-refractivity contribution >= 4 is 9.28 Å². The van der Waals surface area contributed by atoms with Crippen LogP contribution in [0.2, 0.25) is 6.04 Å². The molecule has 0 heterocycles. The zero-order valence-corrected chi connectivity index (χ0v) is 25.1. The van der Waals surface area contributed by atoms with E-state index in [4.69, 9.17) is 13.6 Å². The molecule has 1 atom stereocenters. The summed E-state index contributed by atoms with van der Waals surface area (Å²) in [5.41, 5.74) is 3.04. The molecule has 2 rings (SSSR count). The molecule has 1 aromatic rings. The van der Waals surface area contributed by atoms with E-state index >= 15 is 0 Å². The van der Waals surface area contributed by atoms with Gasteiger partial charge in [-0.3, -0.25) is 0 Å². The van der Waals surface area contributed by atoms with Gasteiger partial charge in [0.15, 0.2) is 0 Å². The van der Waals surface area contributed by atoms with Gasteiger partial charge in [-0.1, -0.05) is 77.3 Å². The van der Waals surface area contributed by atoms with E-state index in [1.54, 1.807) is 5.56 Å². The topological polar surface area (TPSA) is 27.7 Å². The second kappa shape index (κ2) is 17.6. The Kier molecular flexibility index (Phi) is 15.3. The van der Waals surface area contributed by atoms with E-state index in [-0.39, 0.29) is 12.2 Å². The third-order valence-electron chi connectivity index (χ3n) is 7.28. The molecule has 0 aliphatic heterocycles. The summed E-state index contributed by atoms with van der Waals surface area (Å²) >= 11 is 0. The minimum Gasteiger partial charge on any atom is -0.493 e. The summed E-state index contributed by atoms with van der Waals surface area (Å²) in [4.78, 5) is 0. The standard InChI is InChI=1S/C31H56O3Si/c1-7-9-10-12-17-27(16-8-2)29-20-21-31(30(24-29)28-18-13-11-14-19-28)32-22-15-23-35(33-25(3)4)34-26(5)6/h20-21,24-28,35H,7-19,22-23H2,1-6H3. The maximum absolute atomic E-state index is 6.47. The highest BCUT2D eigenvalue weighted by Crippen LogP contribution is 2.40. The summed E-state index contributed by atoms with van der Waals surface area (Å²) in [7, 11) is -1.64. The smallest absolute Gasteiger partial charge is 0.321 e. The van der Waals surface area contributed by atoms with Crippen molar-refractivity contribution in [1.82, 2.24) is 0 Å². The molecule has 1 aliphatic rings.